The molecule has 0 unspecified atom stereocenters. The minimum absolute atomic E-state index is 0.204. The summed E-state index contributed by atoms with van der Waals surface area (Å²) in [6, 6.07) is 6.53. The fourth-order valence-electron chi connectivity index (χ4n) is 2.47. The summed E-state index contributed by atoms with van der Waals surface area (Å²) in [5.41, 5.74) is 2.12. The first kappa shape index (κ1) is 13.9. The maximum atomic E-state index is 12.8. The standard InChI is InChI=1S/C16H19FN4/c17-15-5-3-13(4-6-15)9-18-10-14-11-19-16(20-12-14)21-7-1-2-8-21/h3-6,11-12,18H,1-2,7-10H2. The Morgan fingerprint density at radius 1 is 0.952 bits per heavy atom. The van der Waals surface area contributed by atoms with E-state index in [1.807, 2.05) is 12.4 Å². The molecule has 1 aliphatic rings. The molecule has 1 aromatic heterocycles. The fraction of sp³-hybridized carbons (Fsp3) is 0.375. The third-order valence-corrected chi connectivity index (χ3v) is 3.65. The lowest BCUT2D eigenvalue weighted by atomic mass is 10.2. The van der Waals surface area contributed by atoms with Crippen LogP contribution in [-0.2, 0) is 13.1 Å². The summed E-state index contributed by atoms with van der Waals surface area (Å²) in [5.74, 6) is 0.624. The summed E-state index contributed by atoms with van der Waals surface area (Å²) in [7, 11) is 0. The Kier molecular flexibility index (Phi) is 4.40. The first-order valence-corrected chi connectivity index (χ1v) is 7.32. The quantitative estimate of drug-likeness (QED) is 0.917. The summed E-state index contributed by atoms with van der Waals surface area (Å²) in [6.07, 6.45) is 6.20. The number of halogens is 1. The van der Waals surface area contributed by atoms with E-state index >= 15 is 0 Å². The van der Waals surface area contributed by atoms with Gasteiger partial charge in [0, 0.05) is 44.1 Å². The van der Waals surface area contributed by atoms with Crippen molar-refractivity contribution in [3.8, 4) is 0 Å². The van der Waals surface area contributed by atoms with Crippen LogP contribution in [0.4, 0.5) is 10.3 Å². The van der Waals surface area contributed by atoms with Gasteiger partial charge in [0.25, 0.3) is 0 Å². The lowest BCUT2D eigenvalue weighted by Gasteiger charge is -2.14. The molecule has 0 saturated carbocycles. The van der Waals surface area contributed by atoms with Crippen molar-refractivity contribution in [2.75, 3.05) is 18.0 Å². The van der Waals surface area contributed by atoms with Gasteiger partial charge in [-0.15, -0.1) is 0 Å². The molecule has 5 heteroatoms. The lowest BCUT2D eigenvalue weighted by Crippen LogP contribution is -2.20. The molecule has 2 aromatic rings. The van der Waals surface area contributed by atoms with Crippen molar-refractivity contribution in [1.29, 1.82) is 0 Å². The van der Waals surface area contributed by atoms with Crippen molar-refractivity contribution >= 4 is 5.95 Å². The van der Waals surface area contributed by atoms with E-state index in [1.165, 1.54) is 25.0 Å². The molecule has 1 aromatic carbocycles. The van der Waals surface area contributed by atoms with Crippen LogP contribution in [0.5, 0.6) is 0 Å². The van der Waals surface area contributed by atoms with Gasteiger partial charge in [-0.2, -0.15) is 0 Å². The fourth-order valence-corrected chi connectivity index (χ4v) is 2.47. The van der Waals surface area contributed by atoms with Crippen molar-refractivity contribution in [3.63, 3.8) is 0 Å². The Balaban J connectivity index is 1.50. The van der Waals surface area contributed by atoms with E-state index < -0.39 is 0 Å². The molecule has 3 rings (SSSR count). The van der Waals surface area contributed by atoms with Gasteiger partial charge in [-0.3, -0.25) is 0 Å². The molecule has 0 spiro atoms. The third kappa shape index (κ3) is 3.76. The molecule has 0 amide bonds. The lowest BCUT2D eigenvalue weighted by molar-refractivity contribution is 0.624. The van der Waals surface area contributed by atoms with Gasteiger partial charge in [0.15, 0.2) is 0 Å². The van der Waals surface area contributed by atoms with Crippen LogP contribution < -0.4 is 10.2 Å². The van der Waals surface area contributed by atoms with Gasteiger partial charge >= 0.3 is 0 Å². The van der Waals surface area contributed by atoms with Crippen LogP contribution in [0.2, 0.25) is 0 Å². The molecule has 1 saturated heterocycles. The zero-order valence-corrected chi connectivity index (χ0v) is 11.9. The Morgan fingerprint density at radius 3 is 2.24 bits per heavy atom. The number of aromatic nitrogens is 2. The summed E-state index contributed by atoms with van der Waals surface area (Å²) < 4.78 is 12.8. The van der Waals surface area contributed by atoms with Gasteiger partial charge in [0.1, 0.15) is 5.82 Å². The van der Waals surface area contributed by atoms with Crippen LogP contribution in [0.15, 0.2) is 36.7 Å². The van der Waals surface area contributed by atoms with Gasteiger partial charge in [-0.25, -0.2) is 14.4 Å². The van der Waals surface area contributed by atoms with E-state index in [1.54, 1.807) is 12.1 Å². The summed E-state index contributed by atoms with van der Waals surface area (Å²) in [5, 5.41) is 3.31. The molecule has 2 heterocycles. The molecular weight excluding hydrogens is 267 g/mol. The average molecular weight is 286 g/mol. The number of nitrogens with one attached hydrogen (secondary N) is 1. The highest BCUT2D eigenvalue weighted by Gasteiger charge is 2.14. The molecular formula is C16H19FN4. The molecule has 1 aliphatic heterocycles. The minimum atomic E-state index is -0.204. The van der Waals surface area contributed by atoms with Gasteiger partial charge in [-0.1, -0.05) is 12.1 Å². The molecule has 110 valence electrons. The monoisotopic (exact) mass is 286 g/mol. The van der Waals surface area contributed by atoms with Crippen molar-refractivity contribution in [2.24, 2.45) is 0 Å². The largest absolute Gasteiger partial charge is 0.341 e. The zero-order chi connectivity index (χ0) is 14.5. The molecule has 0 bridgehead atoms. The molecule has 1 fully saturated rings. The maximum Gasteiger partial charge on any atom is 0.225 e. The van der Waals surface area contributed by atoms with Crippen LogP contribution in [0.25, 0.3) is 0 Å². The summed E-state index contributed by atoms with van der Waals surface area (Å²) >= 11 is 0. The number of nitrogens with zero attached hydrogens (tertiary/aromatic N) is 3. The highest BCUT2D eigenvalue weighted by atomic mass is 19.1. The smallest absolute Gasteiger partial charge is 0.225 e. The first-order chi connectivity index (χ1) is 10.3. The van der Waals surface area contributed by atoms with E-state index in [2.05, 4.69) is 20.2 Å². The van der Waals surface area contributed by atoms with E-state index in [0.29, 0.717) is 13.1 Å². The number of hydrogen-bond acceptors (Lipinski definition) is 4. The maximum absolute atomic E-state index is 12.8. The second-order valence-electron chi connectivity index (χ2n) is 5.32. The van der Waals surface area contributed by atoms with Crippen LogP contribution in [-0.4, -0.2) is 23.1 Å². The van der Waals surface area contributed by atoms with Crippen molar-refractivity contribution in [3.05, 3.63) is 53.6 Å². The van der Waals surface area contributed by atoms with Gasteiger partial charge in [0.05, 0.1) is 0 Å². The normalized spacial score (nSPS) is 14.6. The molecule has 4 nitrogen and oxygen atoms in total. The highest BCUT2D eigenvalue weighted by molar-refractivity contribution is 5.31. The predicted molar refractivity (Wildman–Crippen MR) is 80.4 cm³/mol. The van der Waals surface area contributed by atoms with Crippen LogP contribution in [0.1, 0.15) is 24.0 Å². The van der Waals surface area contributed by atoms with Crippen LogP contribution >= 0.6 is 0 Å². The molecule has 1 N–H and O–H groups in total. The number of anilines is 1. The summed E-state index contributed by atoms with van der Waals surface area (Å²) in [6.45, 7) is 3.52. The number of benzene rings is 1. The number of hydrogen-bond donors (Lipinski definition) is 1. The summed E-state index contributed by atoms with van der Waals surface area (Å²) in [4.78, 5) is 11.1. The predicted octanol–water partition coefficient (Wildman–Crippen LogP) is 2.51. The Morgan fingerprint density at radius 2 is 1.57 bits per heavy atom. The Hall–Kier alpha value is -2.01. The topological polar surface area (TPSA) is 41.1 Å². The van der Waals surface area contributed by atoms with Crippen molar-refractivity contribution in [1.82, 2.24) is 15.3 Å². The van der Waals surface area contributed by atoms with E-state index in [4.69, 9.17) is 0 Å². The third-order valence-electron chi connectivity index (χ3n) is 3.65. The first-order valence-electron chi connectivity index (χ1n) is 7.32. The molecule has 0 atom stereocenters. The van der Waals surface area contributed by atoms with E-state index in [9.17, 15) is 4.39 Å². The van der Waals surface area contributed by atoms with E-state index in [0.717, 1.165) is 30.2 Å². The highest BCUT2D eigenvalue weighted by Crippen LogP contribution is 2.14. The molecule has 21 heavy (non-hydrogen) atoms. The number of rotatable bonds is 5. The van der Waals surface area contributed by atoms with Crippen molar-refractivity contribution < 1.29 is 4.39 Å². The van der Waals surface area contributed by atoms with Gasteiger partial charge in [-0.05, 0) is 30.5 Å². The average Bonchev–Trinajstić information content (AvgIpc) is 3.04. The Labute approximate surface area is 124 Å². The second-order valence-corrected chi connectivity index (χ2v) is 5.32. The Bertz CT molecular complexity index is 562. The van der Waals surface area contributed by atoms with Gasteiger partial charge in [0.2, 0.25) is 5.95 Å². The second kappa shape index (κ2) is 6.63. The zero-order valence-electron chi connectivity index (χ0n) is 11.9. The van der Waals surface area contributed by atoms with Crippen LogP contribution in [0, 0.1) is 5.82 Å². The minimum Gasteiger partial charge on any atom is -0.341 e. The van der Waals surface area contributed by atoms with Crippen LogP contribution in [0.3, 0.4) is 0 Å². The SMILES string of the molecule is Fc1ccc(CNCc2cnc(N3CCCC3)nc2)cc1. The van der Waals surface area contributed by atoms with Gasteiger partial charge < -0.3 is 10.2 Å². The van der Waals surface area contributed by atoms with Crippen molar-refractivity contribution in [2.45, 2.75) is 25.9 Å². The molecule has 0 aliphatic carbocycles. The van der Waals surface area contributed by atoms with E-state index in [-0.39, 0.29) is 5.82 Å². The molecule has 0 radical (unpaired) electrons.